The highest BCUT2D eigenvalue weighted by Crippen LogP contribution is 2.27. The molecule has 2 aromatic rings. The zero-order chi connectivity index (χ0) is 12.4. The molecule has 1 aliphatic rings. The van der Waals surface area contributed by atoms with Crippen molar-refractivity contribution < 1.29 is 0 Å². The number of nitrogens with zero attached hydrogens (tertiary/aromatic N) is 2. The van der Waals surface area contributed by atoms with Crippen LogP contribution in [0.4, 0.5) is 0 Å². The van der Waals surface area contributed by atoms with E-state index in [4.69, 9.17) is 5.84 Å². The van der Waals surface area contributed by atoms with Crippen molar-refractivity contribution in [3.05, 3.63) is 59.2 Å². The number of nitrogens with one attached hydrogen (secondary N) is 1. The molecule has 18 heavy (non-hydrogen) atoms. The third kappa shape index (κ3) is 2.00. The molecule has 0 radical (unpaired) electrons. The van der Waals surface area contributed by atoms with Crippen molar-refractivity contribution in [1.82, 2.24) is 15.4 Å². The third-order valence-electron chi connectivity index (χ3n) is 3.50. The molecular weight excluding hydrogens is 224 g/mol. The Balaban J connectivity index is 1.97. The molecule has 0 aliphatic heterocycles. The summed E-state index contributed by atoms with van der Waals surface area (Å²) in [4.78, 5) is 8.41. The van der Waals surface area contributed by atoms with Crippen LogP contribution in [-0.2, 0) is 12.8 Å². The van der Waals surface area contributed by atoms with E-state index in [1.807, 2.05) is 0 Å². The summed E-state index contributed by atoms with van der Waals surface area (Å²) in [7, 11) is 0. The van der Waals surface area contributed by atoms with Crippen molar-refractivity contribution in [2.75, 3.05) is 0 Å². The highest BCUT2D eigenvalue weighted by Gasteiger charge is 2.17. The lowest BCUT2D eigenvalue weighted by molar-refractivity contribution is 0.617. The van der Waals surface area contributed by atoms with E-state index in [9.17, 15) is 0 Å². The lowest BCUT2D eigenvalue weighted by atomic mass is 9.99. The van der Waals surface area contributed by atoms with Gasteiger partial charge in [-0.2, -0.15) is 0 Å². The van der Waals surface area contributed by atoms with Crippen LogP contribution >= 0.6 is 0 Å². The Morgan fingerprint density at radius 2 is 2.06 bits per heavy atom. The van der Waals surface area contributed by atoms with Crippen molar-refractivity contribution in [3.8, 4) is 0 Å². The summed E-state index contributed by atoms with van der Waals surface area (Å²) in [5, 5.41) is 0. The lowest BCUT2D eigenvalue weighted by Crippen LogP contribution is -2.29. The van der Waals surface area contributed by atoms with Crippen molar-refractivity contribution >= 4 is 0 Å². The van der Waals surface area contributed by atoms with Crippen LogP contribution in [0, 0.1) is 0 Å². The van der Waals surface area contributed by atoms with Gasteiger partial charge in [-0.05, 0) is 36.0 Å². The maximum Gasteiger partial charge on any atom is 0.0897 e. The molecule has 1 aromatic carbocycles. The number of hydrogen-bond acceptors (Lipinski definition) is 4. The molecule has 1 unspecified atom stereocenters. The molecule has 92 valence electrons. The van der Waals surface area contributed by atoms with Gasteiger partial charge in [-0.15, -0.1) is 0 Å². The largest absolute Gasteiger partial charge is 0.271 e. The van der Waals surface area contributed by atoms with Crippen LogP contribution in [0.1, 0.15) is 34.8 Å². The first-order chi connectivity index (χ1) is 8.88. The van der Waals surface area contributed by atoms with E-state index >= 15 is 0 Å². The zero-order valence-electron chi connectivity index (χ0n) is 10.1. The number of hydrazine groups is 1. The van der Waals surface area contributed by atoms with Crippen LogP contribution in [0.2, 0.25) is 0 Å². The van der Waals surface area contributed by atoms with Gasteiger partial charge in [0.15, 0.2) is 0 Å². The van der Waals surface area contributed by atoms with E-state index in [0.29, 0.717) is 0 Å². The number of aromatic nitrogens is 2. The number of nitrogens with two attached hydrogens (primary N) is 1. The normalized spacial score (nSPS) is 15.4. The van der Waals surface area contributed by atoms with Crippen LogP contribution in [0.15, 0.2) is 36.8 Å². The first-order valence-electron chi connectivity index (χ1n) is 6.22. The highest BCUT2D eigenvalue weighted by atomic mass is 15.2. The van der Waals surface area contributed by atoms with Crippen molar-refractivity contribution in [3.63, 3.8) is 0 Å². The first kappa shape index (κ1) is 11.3. The molecule has 3 N–H and O–H groups in total. The summed E-state index contributed by atoms with van der Waals surface area (Å²) in [5.74, 6) is 5.66. The minimum atomic E-state index is -0.0930. The molecule has 0 saturated heterocycles. The smallest absolute Gasteiger partial charge is 0.0897 e. The quantitative estimate of drug-likeness (QED) is 0.630. The summed E-state index contributed by atoms with van der Waals surface area (Å²) in [6.45, 7) is 0. The Labute approximate surface area is 106 Å². The van der Waals surface area contributed by atoms with Gasteiger partial charge in [0.25, 0.3) is 0 Å². The monoisotopic (exact) mass is 240 g/mol. The lowest BCUT2D eigenvalue weighted by Gasteiger charge is -2.16. The molecule has 3 rings (SSSR count). The van der Waals surface area contributed by atoms with E-state index in [2.05, 4.69) is 33.6 Å². The fourth-order valence-corrected chi connectivity index (χ4v) is 2.58. The second kappa shape index (κ2) is 4.84. The van der Waals surface area contributed by atoms with Gasteiger partial charge in [-0.25, -0.2) is 5.43 Å². The number of hydrogen-bond donors (Lipinski definition) is 2. The Bertz CT molecular complexity index is 539. The van der Waals surface area contributed by atoms with Gasteiger partial charge in [0.2, 0.25) is 0 Å². The van der Waals surface area contributed by atoms with Gasteiger partial charge in [0, 0.05) is 12.4 Å². The third-order valence-corrected chi connectivity index (χ3v) is 3.50. The number of aryl methyl sites for hydroxylation is 2. The molecular formula is C14H16N4. The predicted octanol–water partition coefficient (Wildman–Crippen LogP) is 1.52. The van der Waals surface area contributed by atoms with E-state index in [-0.39, 0.29) is 6.04 Å². The minimum absolute atomic E-state index is 0.0930. The fourth-order valence-electron chi connectivity index (χ4n) is 2.58. The van der Waals surface area contributed by atoms with Crippen LogP contribution < -0.4 is 11.3 Å². The number of rotatable bonds is 3. The van der Waals surface area contributed by atoms with E-state index in [1.165, 1.54) is 30.4 Å². The Kier molecular flexibility index (Phi) is 3.04. The molecule has 0 spiro atoms. The van der Waals surface area contributed by atoms with Crippen LogP contribution in [0.5, 0.6) is 0 Å². The molecule has 0 bridgehead atoms. The van der Waals surface area contributed by atoms with Crippen molar-refractivity contribution in [2.45, 2.75) is 25.3 Å². The summed E-state index contributed by atoms with van der Waals surface area (Å²) < 4.78 is 0. The molecule has 1 atom stereocenters. The molecule has 4 nitrogen and oxygen atoms in total. The van der Waals surface area contributed by atoms with Gasteiger partial charge < -0.3 is 0 Å². The van der Waals surface area contributed by atoms with Crippen LogP contribution in [0.3, 0.4) is 0 Å². The Hall–Kier alpha value is -1.78. The van der Waals surface area contributed by atoms with Gasteiger partial charge in [0.05, 0.1) is 17.9 Å². The van der Waals surface area contributed by atoms with Gasteiger partial charge in [-0.3, -0.25) is 15.8 Å². The SMILES string of the molecule is NNC(c1ccc2c(c1)CCC2)c1cnccn1. The predicted molar refractivity (Wildman–Crippen MR) is 69.7 cm³/mol. The van der Waals surface area contributed by atoms with E-state index in [0.717, 1.165) is 11.3 Å². The first-order valence-corrected chi connectivity index (χ1v) is 6.22. The van der Waals surface area contributed by atoms with E-state index < -0.39 is 0 Å². The standard InChI is InChI=1S/C14H16N4/c15-18-14(13-9-16-6-7-17-13)12-5-4-10-2-1-3-11(10)8-12/h4-9,14,18H,1-3,15H2. The van der Waals surface area contributed by atoms with Gasteiger partial charge >= 0.3 is 0 Å². The maximum absolute atomic E-state index is 5.66. The molecule has 1 heterocycles. The fraction of sp³-hybridized carbons (Fsp3) is 0.286. The summed E-state index contributed by atoms with van der Waals surface area (Å²) in [6, 6.07) is 6.48. The second-order valence-electron chi connectivity index (χ2n) is 4.61. The Morgan fingerprint density at radius 1 is 1.17 bits per heavy atom. The summed E-state index contributed by atoms with van der Waals surface area (Å²) in [6.07, 6.45) is 8.72. The average Bonchev–Trinajstić information content (AvgIpc) is 2.88. The highest BCUT2D eigenvalue weighted by molar-refractivity contribution is 5.38. The molecule has 4 heteroatoms. The van der Waals surface area contributed by atoms with Crippen LogP contribution in [0.25, 0.3) is 0 Å². The average molecular weight is 240 g/mol. The topological polar surface area (TPSA) is 63.8 Å². The summed E-state index contributed by atoms with van der Waals surface area (Å²) >= 11 is 0. The van der Waals surface area contributed by atoms with Gasteiger partial charge in [-0.1, -0.05) is 18.2 Å². The zero-order valence-corrected chi connectivity index (χ0v) is 10.1. The summed E-state index contributed by atoms with van der Waals surface area (Å²) in [5.41, 5.74) is 7.73. The van der Waals surface area contributed by atoms with Crippen LogP contribution in [-0.4, -0.2) is 9.97 Å². The number of fused-ring (bicyclic) bond motifs is 1. The molecule has 0 saturated carbocycles. The van der Waals surface area contributed by atoms with Crippen molar-refractivity contribution in [2.24, 2.45) is 5.84 Å². The maximum atomic E-state index is 5.66. The van der Waals surface area contributed by atoms with Gasteiger partial charge in [0.1, 0.15) is 0 Å². The van der Waals surface area contributed by atoms with E-state index in [1.54, 1.807) is 18.6 Å². The second-order valence-corrected chi connectivity index (χ2v) is 4.61. The molecule has 1 aromatic heterocycles. The number of benzene rings is 1. The molecule has 0 amide bonds. The molecule has 0 fully saturated rings. The Morgan fingerprint density at radius 3 is 2.83 bits per heavy atom. The minimum Gasteiger partial charge on any atom is -0.271 e. The van der Waals surface area contributed by atoms with Crippen molar-refractivity contribution in [1.29, 1.82) is 0 Å². The molecule has 1 aliphatic carbocycles.